The second kappa shape index (κ2) is 2.51. The normalized spacial score (nSPS) is 40.5. The third-order valence-corrected chi connectivity index (χ3v) is 2.72. The summed E-state index contributed by atoms with van der Waals surface area (Å²) >= 11 is 0. The SMILES string of the molecule is CCN1C[C@H]2CCO[C@H]2C1. The van der Waals surface area contributed by atoms with Gasteiger partial charge in [0.05, 0.1) is 6.10 Å². The number of rotatable bonds is 1. The molecule has 0 amide bonds. The number of fused-ring (bicyclic) bond motifs is 1. The van der Waals surface area contributed by atoms with Crippen molar-refractivity contribution in [2.45, 2.75) is 19.4 Å². The van der Waals surface area contributed by atoms with Gasteiger partial charge in [-0.3, -0.25) is 0 Å². The van der Waals surface area contributed by atoms with Crippen LogP contribution in [0.5, 0.6) is 0 Å². The van der Waals surface area contributed by atoms with Gasteiger partial charge in [0.25, 0.3) is 0 Å². The molecule has 0 aliphatic carbocycles. The van der Waals surface area contributed by atoms with Crippen molar-refractivity contribution in [2.24, 2.45) is 5.92 Å². The Morgan fingerprint density at radius 2 is 2.40 bits per heavy atom. The Morgan fingerprint density at radius 3 is 3.10 bits per heavy atom. The zero-order valence-corrected chi connectivity index (χ0v) is 6.55. The summed E-state index contributed by atoms with van der Waals surface area (Å²) < 4.78 is 5.57. The van der Waals surface area contributed by atoms with Gasteiger partial charge in [0, 0.05) is 25.6 Å². The summed E-state index contributed by atoms with van der Waals surface area (Å²) in [4.78, 5) is 2.48. The largest absolute Gasteiger partial charge is 0.377 e. The summed E-state index contributed by atoms with van der Waals surface area (Å²) in [6.45, 7) is 6.88. The first-order valence-electron chi connectivity index (χ1n) is 4.24. The first-order valence-corrected chi connectivity index (χ1v) is 4.24. The summed E-state index contributed by atoms with van der Waals surface area (Å²) in [6.07, 6.45) is 1.88. The maximum atomic E-state index is 5.57. The monoisotopic (exact) mass is 141 g/mol. The quantitative estimate of drug-likeness (QED) is 0.533. The molecular weight excluding hydrogens is 126 g/mol. The minimum atomic E-state index is 0.583. The predicted octanol–water partition coefficient (Wildman–Crippen LogP) is 0.727. The van der Waals surface area contributed by atoms with Gasteiger partial charge in [-0.2, -0.15) is 0 Å². The van der Waals surface area contributed by atoms with Crippen molar-refractivity contribution in [3.8, 4) is 0 Å². The fraction of sp³-hybridized carbons (Fsp3) is 1.00. The molecular formula is C8H15NO. The Balaban J connectivity index is 1.94. The number of ether oxygens (including phenoxy) is 1. The van der Waals surface area contributed by atoms with E-state index in [1.807, 2.05) is 0 Å². The van der Waals surface area contributed by atoms with Gasteiger partial charge in [-0.25, -0.2) is 0 Å². The average molecular weight is 141 g/mol. The Hall–Kier alpha value is -0.0800. The van der Waals surface area contributed by atoms with Gasteiger partial charge in [0.15, 0.2) is 0 Å². The summed E-state index contributed by atoms with van der Waals surface area (Å²) in [5.74, 6) is 0.861. The van der Waals surface area contributed by atoms with Gasteiger partial charge in [-0.15, -0.1) is 0 Å². The molecule has 2 heterocycles. The number of hydrogen-bond acceptors (Lipinski definition) is 2. The van der Waals surface area contributed by atoms with Crippen molar-refractivity contribution in [3.63, 3.8) is 0 Å². The molecule has 2 aliphatic rings. The van der Waals surface area contributed by atoms with Crippen LogP contribution < -0.4 is 0 Å². The van der Waals surface area contributed by atoms with Crippen LogP contribution >= 0.6 is 0 Å². The lowest BCUT2D eigenvalue weighted by Crippen LogP contribution is -2.22. The van der Waals surface area contributed by atoms with Gasteiger partial charge in [0.1, 0.15) is 0 Å². The summed E-state index contributed by atoms with van der Waals surface area (Å²) in [5, 5.41) is 0. The molecule has 2 aliphatic heterocycles. The van der Waals surface area contributed by atoms with Crippen molar-refractivity contribution >= 4 is 0 Å². The minimum Gasteiger partial charge on any atom is -0.377 e. The molecule has 0 radical (unpaired) electrons. The summed E-state index contributed by atoms with van der Waals surface area (Å²) in [5.41, 5.74) is 0. The van der Waals surface area contributed by atoms with Crippen LogP contribution in [0.2, 0.25) is 0 Å². The lowest BCUT2D eigenvalue weighted by molar-refractivity contribution is 0.100. The van der Waals surface area contributed by atoms with Crippen LogP contribution in [0.1, 0.15) is 13.3 Å². The molecule has 2 rings (SSSR count). The molecule has 2 heteroatoms. The van der Waals surface area contributed by atoms with E-state index in [0.717, 1.165) is 12.5 Å². The molecule has 2 nitrogen and oxygen atoms in total. The third-order valence-electron chi connectivity index (χ3n) is 2.72. The van der Waals surface area contributed by atoms with E-state index in [-0.39, 0.29) is 0 Å². The van der Waals surface area contributed by atoms with Crippen LogP contribution in [0.4, 0.5) is 0 Å². The van der Waals surface area contributed by atoms with E-state index in [1.54, 1.807) is 0 Å². The van der Waals surface area contributed by atoms with Crippen molar-refractivity contribution in [1.82, 2.24) is 4.90 Å². The van der Waals surface area contributed by atoms with Gasteiger partial charge in [0.2, 0.25) is 0 Å². The maximum absolute atomic E-state index is 5.57. The smallest absolute Gasteiger partial charge is 0.0743 e. The van der Waals surface area contributed by atoms with Crippen molar-refractivity contribution in [2.75, 3.05) is 26.2 Å². The Labute approximate surface area is 62.2 Å². The molecule has 2 fully saturated rings. The van der Waals surface area contributed by atoms with Crippen LogP contribution in [0, 0.1) is 5.92 Å². The summed E-state index contributed by atoms with van der Waals surface area (Å²) in [6, 6.07) is 0. The van der Waals surface area contributed by atoms with Gasteiger partial charge >= 0.3 is 0 Å². The number of hydrogen-bond donors (Lipinski definition) is 0. The van der Waals surface area contributed by atoms with Crippen LogP contribution in [0.25, 0.3) is 0 Å². The predicted molar refractivity (Wildman–Crippen MR) is 40.0 cm³/mol. The molecule has 0 aromatic heterocycles. The molecule has 0 aromatic carbocycles. The number of likely N-dealkylation sites (tertiary alicyclic amines) is 1. The van der Waals surface area contributed by atoms with E-state index in [1.165, 1.54) is 26.1 Å². The number of nitrogens with zero attached hydrogens (tertiary/aromatic N) is 1. The molecule has 10 heavy (non-hydrogen) atoms. The molecule has 0 aromatic rings. The first-order chi connectivity index (χ1) is 4.90. The fourth-order valence-corrected chi connectivity index (χ4v) is 2.02. The highest BCUT2D eigenvalue weighted by Crippen LogP contribution is 2.27. The topological polar surface area (TPSA) is 12.5 Å². The summed E-state index contributed by atoms with van der Waals surface area (Å²) in [7, 11) is 0. The Bertz CT molecular complexity index is 114. The van der Waals surface area contributed by atoms with Crippen molar-refractivity contribution in [1.29, 1.82) is 0 Å². The van der Waals surface area contributed by atoms with E-state index < -0.39 is 0 Å². The molecule has 0 N–H and O–H groups in total. The van der Waals surface area contributed by atoms with Crippen LogP contribution in [-0.4, -0.2) is 37.2 Å². The highest BCUT2D eigenvalue weighted by atomic mass is 16.5. The highest BCUT2D eigenvalue weighted by Gasteiger charge is 2.36. The molecule has 58 valence electrons. The van der Waals surface area contributed by atoms with Crippen molar-refractivity contribution in [3.05, 3.63) is 0 Å². The van der Waals surface area contributed by atoms with E-state index >= 15 is 0 Å². The Kier molecular flexibility index (Phi) is 1.66. The number of likely N-dealkylation sites (N-methyl/N-ethyl adjacent to an activating group) is 1. The van der Waals surface area contributed by atoms with Gasteiger partial charge in [-0.05, 0) is 13.0 Å². The molecule has 2 atom stereocenters. The molecule has 0 saturated carbocycles. The standard InChI is InChI=1S/C8H15NO/c1-2-9-5-7-3-4-10-8(7)6-9/h7-8H,2-6H2,1H3/t7-,8+/m1/s1. The van der Waals surface area contributed by atoms with Crippen LogP contribution in [-0.2, 0) is 4.74 Å². The van der Waals surface area contributed by atoms with Crippen molar-refractivity contribution < 1.29 is 4.74 Å². The molecule has 0 spiro atoms. The highest BCUT2D eigenvalue weighted by molar-refractivity contribution is 4.87. The minimum absolute atomic E-state index is 0.583. The fourth-order valence-electron chi connectivity index (χ4n) is 2.02. The zero-order valence-electron chi connectivity index (χ0n) is 6.55. The van der Waals surface area contributed by atoms with E-state index in [9.17, 15) is 0 Å². The average Bonchev–Trinajstić information content (AvgIpc) is 2.42. The molecule has 0 bridgehead atoms. The maximum Gasteiger partial charge on any atom is 0.0743 e. The zero-order chi connectivity index (χ0) is 6.97. The van der Waals surface area contributed by atoms with E-state index in [4.69, 9.17) is 4.74 Å². The van der Waals surface area contributed by atoms with Gasteiger partial charge in [-0.1, -0.05) is 6.92 Å². The van der Waals surface area contributed by atoms with Crippen LogP contribution in [0.15, 0.2) is 0 Å². The third kappa shape index (κ3) is 0.956. The second-order valence-electron chi connectivity index (χ2n) is 3.31. The Morgan fingerprint density at radius 1 is 1.50 bits per heavy atom. The lowest BCUT2D eigenvalue weighted by Gasteiger charge is -2.12. The second-order valence-corrected chi connectivity index (χ2v) is 3.31. The van der Waals surface area contributed by atoms with E-state index in [2.05, 4.69) is 11.8 Å². The molecule has 2 saturated heterocycles. The first kappa shape index (κ1) is 6.62. The van der Waals surface area contributed by atoms with Gasteiger partial charge < -0.3 is 9.64 Å². The molecule has 0 unspecified atom stereocenters. The van der Waals surface area contributed by atoms with Crippen LogP contribution in [0.3, 0.4) is 0 Å². The van der Waals surface area contributed by atoms with E-state index in [0.29, 0.717) is 6.10 Å². The lowest BCUT2D eigenvalue weighted by atomic mass is 10.1.